The van der Waals surface area contributed by atoms with Crippen LogP contribution in [0.25, 0.3) is 10.8 Å². The van der Waals surface area contributed by atoms with Gasteiger partial charge in [-0.05, 0) is 45.6 Å². The molecule has 0 radical (unpaired) electrons. The van der Waals surface area contributed by atoms with Crippen LogP contribution in [0.2, 0.25) is 5.02 Å². The highest BCUT2D eigenvalue weighted by molar-refractivity contribution is 7.89. The summed E-state index contributed by atoms with van der Waals surface area (Å²) in [6, 6.07) is 5.08. The van der Waals surface area contributed by atoms with E-state index in [1.54, 1.807) is 24.4 Å². The number of sulfonamides is 1. The summed E-state index contributed by atoms with van der Waals surface area (Å²) in [6.45, 7) is 6.68. The first-order valence-corrected chi connectivity index (χ1v) is 11.4. The van der Waals surface area contributed by atoms with E-state index in [9.17, 15) is 13.2 Å². The molecule has 158 valence electrons. The van der Waals surface area contributed by atoms with Gasteiger partial charge in [-0.1, -0.05) is 23.7 Å². The lowest BCUT2D eigenvalue weighted by Crippen LogP contribution is -2.42. The summed E-state index contributed by atoms with van der Waals surface area (Å²) >= 11 is 6.25. The zero-order valence-corrected chi connectivity index (χ0v) is 18.4. The molecule has 7 nitrogen and oxygen atoms in total. The van der Waals surface area contributed by atoms with Crippen molar-refractivity contribution >= 4 is 38.5 Å². The Bertz CT molecular complexity index is 991. The quantitative estimate of drug-likeness (QED) is 0.782. The fourth-order valence-electron chi connectivity index (χ4n) is 3.41. The fraction of sp³-hybridized carbons (Fsp3) is 0.500. The Morgan fingerprint density at radius 2 is 1.97 bits per heavy atom. The molecular weight excluding hydrogens is 414 g/mol. The third-order valence-corrected chi connectivity index (χ3v) is 7.05. The van der Waals surface area contributed by atoms with Crippen LogP contribution in [0.5, 0.6) is 0 Å². The largest absolute Gasteiger partial charge is 0.444 e. The number of alkyl carbamates (subject to hydrolysis) is 1. The van der Waals surface area contributed by atoms with Crippen molar-refractivity contribution in [3.63, 3.8) is 0 Å². The lowest BCUT2D eigenvalue weighted by Gasteiger charge is -2.31. The number of benzene rings is 1. The molecule has 0 saturated carbocycles. The third-order valence-electron chi connectivity index (χ3n) is 4.82. The topological polar surface area (TPSA) is 88.6 Å². The summed E-state index contributed by atoms with van der Waals surface area (Å²) in [7, 11) is -3.68. The highest BCUT2D eigenvalue weighted by atomic mass is 35.5. The summed E-state index contributed by atoms with van der Waals surface area (Å²) in [5.74, 6) is 0.203. The van der Waals surface area contributed by atoms with Gasteiger partial charge in [0.1, 0.15) is 5.60 Å². The van der Waals surface area contributed by atoms with E-state index in [-0.39, 0.29) is 10.8 Å². The molecule has 0 bridgehead atoms. The van der Waals surface area contributed by atoms with Crippen molar-refractivity contribution in [1.29, 1.82) is 0 Å². The second-order valence-corrected chi connectivity index (χ2v) is 10.5. The summed E-state index contributed by atoms with van der Waals surface area (Å²) in [6.07, 6.45) is 3.93. The van der Waals surface area contributed by atoms with Crippen LogP contribution in [-0.4, -0.2) is 49.0 Å². The van der Waals surface area contributed by atoms with Gasteiger partial charge in [0.15, 0.2) is 0 Å². The van der Waals surface area contributed by atoms with Crippen molar-refractivity contribution < 1.29 is 17.9 Å². The molecule has 1 aliphatic heterocycles. The molecule has 0 atom stereocenters. The number of halogens is 1. The van der Waals surface area contributed by atoms with Gasteiger partial charge in [-0.25, -0.2) is 13.2 Å². The average Bonchev–Trinajstić information content (AvgIpc) is 2.65. The molecule has 3 rings (SSSR count). The minimum Gasteiger partial charge on any atom is -0.444 e. The van der Waals surface area contributed by atoms with E-state index in [0.29, 0.717) is 48.3 Å². The normalized spacial score (nSPS) is 16.7. The highest BCUT2D eigenvalue weighted by Gasteiger charge is 2.31. The Kier molecular flexibility index (Phi) is 6.36. The van der Waals surface area contributed by atoms with Crippen molar-refractivity contribution in [1.82, 2.24) is 14.6 Å². The number of amides is 1. The minimum absolute atomic E-state index is 0.202. The number of aromatic nitrogens is 1. The molecule has 1 saturated heterocycles. The first-order valence-electron chi connectivity index (χ1n) is 9.57. The smallest absolute Gasteiger partial charge is 0.407 e. The van der Waals surface area contributed by atoms with Crippen LogP contribution in [0.4, 0.5) is 4.79 Å². The molecule has 2 aromatic rings. The molecular formula is C20H26ClN3O4S. The van der Waals surface area contributed by atoms with Gasteiger partial charge in [0.25, 0.3) is 0 Å². The maximum atomic E-state index is 13.2. The number of hydrogen-bond acceptors (Lipinski definition) is 5. The number of nitrogens with one attached hydrogen (secondary N) is 1. The van der Waals surface area contributed by atoms with Crippen molar-refractivity contribution in [3.05, 3.63) is 35.6 Å². The number of carbonyl (C=O) groups excluding carboxylic acids is 1. The van der Waals surface area contributed by atoms with Gasteiger partial charge in [0.2, 0.25) is 10.0 Å². The van der Waals surface area contributed by atoms with Crippen LogP contribution in [-0.2, 0) is 14.8 Å². The summed E-state index contributed by atoms with van der Waals surface area (Å²) in [4.78, 5) is 16.0. The number of pyridine rings is 1. The van der Waals surface area contributed by atoms with Gasteiger partial charge >= 0.3 is 6.09 Å². The van der Waals surface area contributed by atoms with E-state index in [0.717, 1.165) is 0 Å². The molecule has 1 aliphatic rings. The van der Waals surface area contributed by atoms with Crippen LogP contribution in [0, 0.1) is 5.92 Å². The van der Waals surface area contributed by atoms with Gasteiger partial charge in [-0.3, -0.25) is 4.98 Å². The Labute approximate surface area is 176 Å². The molecule has 29 heavy (non-hydrogen) atoms. The van der Waals surface area contributed by atoms with Crippen LogP contribution < -0.4 is 5.32 Å². The van der Waals surface area contributed by atoms with E-state index in [2.05, 4.69) is 10.3 Å². The number of fused-ring (bicyclic) bond motifs is 1. The van der Waals surface area contributed by atoms with Gasteiger partial charge in [-0.15, -0.1) is 0 Å². The zero-order valence-electron chi connectivity index (χ0n) is 16.8. The summed E-state index contributed by atoms with van der Waals surface area (Å²) < 4.78 is 33.2. The number of nitrogens with zero attached hydrogens (tertiary/aromatic N) is 2. The Hall–Kier alpha value is -1.90. The third kappa shape index (κ3) is 5.18. The van der Waals surface area contributed by atoms with Crippen molar-refractivity contribution in [2.45, 2.75) is 44.1 Å². The molecule has 1 fully saturated rings. The molecule has 0 aliphatic carbocycles. The van der Waals surface area contributed by atoms with E-state index < -0.39 is 21.7 Å². The van der Waals surface area contributed by atoms with E-state index in [1.165, 1.54) is 10.5 Å². The predicted octanol–water partition coefficient (Wildman–Crippen LogP) is 3.81. The molecule has 0 spiro atoms. The Morgan fingerprint density at radius 3 is 2.62 bits per heavy atom. The second-order valence-electron chi connectivity index (χ2n) is 8.21. The van der Waals surface area contributed by atoms with Crippen LogP contribution in [0.15, 0.2) is 35.5 Å². The van der Waals surface area contributed by atoms with Crippen LogP contribution >= 0.6 is 11.6 Å². The van der Waals surface area contributed by atoms with Crippen molar-refractivity contribution in [3.8, 4) is 0 Å². The van der Waals surface area contributed by atoms with E-state index >= 15 is 0 Å². The minimum atomic E-state index is -3.68. The monoisotopic (exact) mass is 439 g/mol. The molecule has 1 aromatic heterocycles. The molecule has 0 unspecified atom stereocenters. The molecule has 1 amide bonds. The fourth-order valence-corrected chi connectivity index (χ4v) is 5.44. The summed E-state index contributed by atoms with van der Waals surface area (Å²) in [5, 5.41) is 4.28. The van der Waals surface area contributed by atoms with Gasteiger partial charge < -0.3 is 10.1 Å². The number of rotatable bonds is 4. The lowest BCUT2D eigenvalue weighted by atomic mass is 9.98. The number of carbonyl (C=O) groups is 1. The second kappa shape index (κ2) is 8.45. The molecule has 2 heterocycles. The first-order chi connectivity index (χ1) is 13.6. The maximum Gasteiger partial charge on any atom is 0.407 e. The van der Waals surface area contributed by atoms with Gasteiger partial charge in [0, 0.05) is 42.8 Å². The SMILES string of the molecule is CC(C)(C)OC(=O)NCC1CCN(S(=O)(=O)c2cccc3cncc(Cl)c23)CC1. The Balaban J connectivity index is 1.66. The molecule has 1 N–H and O–H groups in total. The molecule has 1 aromatic carbocycles. The van der Waals surface area contributed by atoms with Crippen LogP contribution in [0.3, 0.4) is 0 Å². The van der Waals surface area contributed by atoms with Crippen molar-refractivity contribution in [2.24, 2.45) is 5.92 Å². The van der Waals surface area contributed by atoms with Crippen molar-refractivity contribution in [2.75, 3.05) is 19.6 Å². The number of ether oxygens (including phenoxy) is 1. The Morgan fingerprint density at radius 1 is 1.28 bits per heavy atom. The van der Waals surface area contributed by atoms with Crippen LogP contribution in [0.1, 0.15) is 33.6 Å². The van der Waals surface area contributed by atoms with E-state index in [4.69, 9.17) is 16.3 Å². The number of hydrogen-bond donors (Lipinski definition) is 1. The van der Waals surface area contributed by atoms with Gasteiger partial charge in [0.05, 0.1) is 9.92 Å². The molecule has 9 heteroatoms. The zero-order chi connectivity index (χ0) is 21.2. The maximum absolute atomic E-state index is 13.2. The predicted molar refractivity (Wildman–Crippen MR) is 112 cm³/mol. The summed E-state index contributed by atoms with van der Waals surface area (Å²) in [5.41, 5.74) is -0.545. The highest BCUT2D eigenvalue weighted by Crippen LogP contribution is 2.32. The van der Waals surface area contributed by atoms with Gasteiger partial charge in [-0.2, -0.15) is 4.31 Å². The average molecular weight is 440 g/mol. The van der Waals surface area contributed by atoms with E-state index in [1.807, 2.05) is 20.8 Å². The standard InChI is InChI=1S/C20H26ClN3O4S/c1-20(2,3)28-19(25)23-11-14-7-9-24(10-8-14)29(26,27)17-6-4-5-15-12-22-13-16(21)18(15)17/h4-6,12-14H,7-11H2,1-3H3,(H,23,25). The number of piperidine rings is 1. The lowest BCUT2D eigenvalue weighted by molar-refractivity contribution is 0.0513. The first kappa shape index (κ1) is 21.8.